The van der Waals surface area contributed by atoms with Crippen molar-refractivity contribution in [3.8, 4) is 5.75 Å². The molecule has 1 aromatic carbocycles. The third-order valence-electron chi connectivity index (χ3n) is 2.68. The highest BCUT2D eigenvalue weighted by Gasteiger charge is 2.16. The van der Waals surface area contributed by atoms with Gasteiger partial charge in [-0.25, -0.2) is 5.43 Å². The van der Waals surface area contributed by atoms with Crippen LogP contribution < -0.4 is 10.2 Å². The molecule has 8 heteroatoms. The summed E-state index contributed by atoms with van der Waals surface area (Å²) in [5, 5.41) is 14.6. The molecule has 1 heterocycles. The molecule has 1 amide bonds. The van der Waals surface area contributed by atoms with Gasteiger partial charge in [0.1, 0.15) is 0 Å². The number of hydrogen-bond acceptors (Lipinski definition) is 5. The van der Waals surface area contributed by atoms with E-state index >= 15 is 0 Å². The number of H-pyrrole nitrogens is 1. The highest BCUT2D eigenvalue weighted by Crippen LogP contribution is 2.27. The number of benzene rings is 1. The number of nitro benzene ring substituents is 1. The summed E-state index contributed by atoms with van der Waals surface area (Å²) >= 11 is 0. The Morgan fingerprint density at radius 1 is 1.50 bits per heavy atom. The van der Waals surface area contributed by atoms with Crippen molar-refractivity contribution in [2.45, 2.75) is 6.92 Å². The van der Waals surface area contributed by atoms with Crippen LogP contribution in [0.4, 0.5) is 5.69 Å². The van der Waals surface area contributed by atoms with E-state index in [1.54, 1.807) is 31.3 Å². The number of rotatable bonds is 6. The maximum absolute atomic E-state index is 11.6. The van der Waals surface area contributed by atoms with E-state index in [1.165, 1.54) is 18.3 Å². The summed E-state index contributed by atoms with van der Waals surface area (Å²) < 4.78 is 5.17. The summed E-state index contributed by atoms with van der Waals surface area (Å²) in [4.78, 5) is 24.8. The first-order valence-electron chi connectivity index (χ1n) is 6.39. The molecule has 114 valence electrons. The van der Waals surface area contributed by atoms with Crippen molar-refractivity contribution in [3.05, 3.63) is 57.9 Å². The van der Waals surface area contributed by atoms with Crippen molar-refractivity contribution in [2.75, 3.05) is 6.61 Å². The number of nitrogens with zero attached hydrogens (tertiary/aromatic N) is 2. The lowest BCUT2D eigenvalue weighted by molar-refractivity contribution is -0.385. The quantitative estimate of drug-likeness (QED) is 0.481. The van der Waals surface area contributed by atoms with E-state index < -0.39 is 10.8 Å². The number of carbonyl (C=O) groups excluding carboxylic acids is 1. The first-order valence-corrected chi connectivity index (χ1v) is 6.39. The predicted octanol–water partition coefficient (Wildman–Crippen LogP) is 1.76. The zero-order chi connectivity index (χ0) is 15.9. The summed E-state index contributed by atoms with van der Waals surface area (Å²) in [6.45, 7) is 1.37. The largest absolute Gasteiger partial charge is 0.477 e. The van der Waals surface area contributed by atoms with E-state index in [4.69, 9.17) is 4.74 Å². The van der Waals surface area contributed by atoms with Crippen LogP contribution in [-0.2, 0) is 4.79 Å². The minimum absolute atomic E-state index is 0.0408. The molecule has 0 saturated carbocycles. The number of amides is 1. The molecule has 0 saturated heterocycles. The van der Waals surface area contributed by atoms with E-state index in [-0.39, 0.29) is 18.0 Å². The fraction of sp³-hybridized carbons (Fsp3) is 0.143. The second-order valence-corrected chi connectivity index (χ2v) is 4.44. The van der Waals surface area contributed by atoms with Crippen LogP contribution in [0.25, 0.3) is 0 Å². The van der Waals surface area contributed by atoms with Gasteiger partial charge in [-0.1, -0.05) is 6.07 Å². The van der Waals surface area contributed by atoms with E-state index in [9.17, 15) is 14.9 Å². The summed E-state index contributed by atoms with van der Waals surface area (Å²) in [6, 6.07) is 8.09. The summed E-state index contributed by atoms with van der Waals surface area (Å²) in [5.74, 6) is -0.475. The highest BCUT2D eigenvalue weighted by molar-refractivity contribution is 5.81. The maximum Gasteiger partial charge on any atom is 0.311 e. The molecule has 0 radical (unpaired) electrons. The molecule has 2 aromatic rings. The summed E-state index contributed by atoms with van der Waals surface area (Å²) in [5.41, 5.74) is 3.56. The van der Waals surface area contributed by atoms with Gasteiger partial charge in [-0.2, -0.15) is 5.10 Å². The van der Waals surface area contributed by atoms with Gasteiger partial charge in [-0.05, 0) is 30.7 Å². The van der Waals surface area contributed by atoms with Gasteiger partial charge in [-0.15, -0.1) is 0 Å². The highest BCUT2D eigenvalue weighted by atomic mass is 16.6. The van der Waals surface area contributed by atoms with Gasteiger partial charge >= 0.3 is 5.69 Å². The van der Waals surface area contributed by atoms with Gasteiger partial charge in [-0.3, -0.25) is 14.9 Å². The summed E-state index contributed by atoms with van der Waals surface area (Å²) in [6.07, 6.45) is 3.16. The van der Waals surface area contributed by atoms with Gasteiger partial charge < -0.3 is 9.72 Å². The van der Waals surface area contributed by atoms with E-state index in [1.807, 2.05) is 0 Å². The number of aromatic nitrogens is 1. The number of ether oxygens (including phenoxy) is 1. The van der Waals surface area contributed by atoms with E-state index in [0.717, 1.165) is 11.3 Å². The standard InChI is InChI=1S/C14H14N4O4/c1-10-4-5-13(12(7-10)18(20)21)22-9-14(19)17-16-8-11-3-2-6-15-11/h2-8,15H,9H2,1H3,(H,17,19)/b16-8-. The van der Waals surface area contributed by atoms with E-state index in [2.05, 4.69) is 15.5 Å². The van der Waals surface area contributed by atoms with Gasteiger partial charge in [0.2, 0.25) is 0 Å². The molecule has 0 aliphatic heterocycles. The van der Waals surface area contributed by atoms with Crippen molar-refractivity contribution in [1.82, 2.24) is 10.4 Å². The molecule has 8 nitrogen and oxygen atoms in total. The summed E-state index contributed by atoms with van der Waals surface area (Å²) in [7, 11) is 0. The first-order chi connectivity index (χ1) is 10.6. The minimum atomic E-state index is -0.552. The second-order valence-electron chi connectivity index (χ2n) is 4.44. The Labute approximate surface area is 126 Å². The smallest absolute Gasteiger partial charge is 0.311 e. The molecule has 22 heavy (non-hydrogen) atoms. The molecule has 2 rings (SSSR count). The molecule has 0 bridgehead atoms. The molecule has 1 aromatic heterocycles. The Morgan fingerprint density at radius 2 is 2.32 bits per heavy atom. The Hall–Kier alpha value is -3.16. The number of aryl methyl sites for hydroxylation is 1. The number of aromatic amines is 1. The fourth-order valence-corrected chi connectivity index (χ4v) is 1.67. The fourth-order valence-electron chi connectivity index (χ4n) is 1.67. The van der Waals surface area contributed by atoms with Crippen molar-refractivity contribution in [1.29, 1.82) is 0 Å². The predicted molar refractivity (Wildman–Crippen MR) is 79.9 cm³/mol. The van der Waals surface area contributed by atoms with Crippen LogP contribution in [-0.4, -0.2) is 28.6 Å². The normalized spacial score (nSPS) is 10.6. The average Bonchev–Trinajstić information content (AvgIpc) is 2.99. The number of hydrazone groups is 1. The molecule has 0 aliphatic carbocycles. The number of nitro groups is 1. The molecule has 0 spiro atoms. The topological polar surface area (TPSA) is 110 Å². The van der Waals surface area contributed by atoms with Crippen LogP contribution in [0, 0.1) is 17.0 Å². The van der Waals surface area contributed by atoms with Gasteiger partial charge in [0, 0.05) is 12.3 Å². The van der Waals surface area contributed by atoms with Gasteiger partial charge in [0.15, 0.2) is 12.4 Å². The van der Waals surface area contributed by atoms with Gasteiger partial charge in [0.05, 0.1) is 16.8 Å². The molecule has 0 aliphatic rings. The molecular formula is C14H14N4O4. The van der Waals surface area contributed by atoms with Crippen molar-refractivity contribution in [2.24, 2.45) is 5.10 Å². The molecule has 0 unspecified atom stereocenters. The Bertz CT molecular complexity index is 695. The lowest BCUT2D eigenvalue weighted by Crippen LogP contribution is -2.24. The van der Waals surface area contributed by atoms with Crippen LogP contribution in [0.5, 0.6) is 5.75 Å². The monoisotopic (exact) mass is 302 g/mol. The SMILES string of the molecule is Cc1ccc(OCC(=O)N/N=C\c2ccc[nH]2)c([N+](=O)[O-])c1. The Balaban J connectivity index is 1.90. The van der Waals surface area contributed by atoms with Crippen molar-refractivity contribution in [3.63, 3.8) is 0 Å². The van der Waals surface area contributed by atoms with Crippen molar-refractivity contribution < 1.29 is 14.5 Å². The van der Waals surface area contributed by atoms with Crippen molar-refractivity contribution >= 4 is 17.8 Å². The van der Waals surface area contributed by atoms with Crippen LogP contribution in [0.3, 0.4) is 0 Å². The zero-order valence-corrected chi connectivity index (χ0v) is 11.8. The third kappa shape index (κ3) is 4.17. The average molecular weight is 302 g/mol. The van der Waals surface area contributed by atoms with Crippen LogP contribution in [0.2, 0.25) is 0 Å². The lowest BCUT2D eigenvalue weighted by atomic mass is 10.2. The maximum atomic E-state index is 11.6. The molecular weight excluding hydrogens is 288 g/mol. The second kappa shape index (κ2) is 7.02. The Morgan fingerprint density at radius 3 is 3.00 bits per heavy atom. The molecule has 0 atom stereocenters. The first kappa shape index (κ1) is 15.2. The Kier molecular flexibility index (Phi) is 4.86. The number of carbonyl (C=O) groups is 1. The third-order valence-corrected chi connectivity index (χ3v) is 2.68. The minimum Gasteiger partial charge on any atom is -0.477 e. The van der Waals surface area contributed by atoms with E-state index in [0.29, 0.717) is 0 Å². The van der Waals surface area contributed by atoms with Crippen LogP contribution in [0.15, 0.2) is 41.6 Å². The number of nitrogens with one attached hydrogen (secondary N) is 2. The van der Waals surface area contributed by atoms with Crippen LogP contribution >= 0.6 is 0 Å². The zero-order valence-electron chi connectivity index (χ0n) is 11.8. The van der Waals surface area contributed by atoms with Crippen LogP contribution in [0.1, 0.15) is 11.3 Å². The van der Waals surface area contributed by atoms with Gasteiger partial charge in [0.25, 0.3) is 5.91 Å². The lowest BCUT2D eigenvalue weighted by Gasteiger charge is -2.06. The molecule has 0 fully saturated rings. The molecule has 2 N–H and O–H groups in total. The number of hydrogen-bond donors (Lipinski definition) is 2.